The molecule has 0 aliphatic heterocycles. The highest BCUT2D eigenvalue weighted by Crippen LogP contribution is 2.14. The van der Waals surface area contributed by atoms with Crippen LogP contribution in [0.25, 0.3) is 6.08 Å². The van der Waals surface area contributed by atoms with Crippen LogP contribution < -0.4 is 10.1 Å². The van der Waals surface area contributed by atoms with E-state index in [0.29, 0.717) is 23.8 Å². The fourth-order valence-corrected chi connectivity index (χ4v) is 2.13. The summed E-state index contributed by atoms with van der Waals surface area (Å²) in [5.74, 6) is 0.110. The number of hydrogen-bond acceptors (Lipinski definition) is 4. The molecular weight excluding hydrogens is 330 g/mol. The zero-order valence-electron chi connectivity index (χ0n) is 15.2. The highest BCUT2D eigenvalue weighted by molar-refractivity contribution is 6.03. The molecule has 0 atom stereocenters. The van der Waals surface area contributed by atoms with Crippen molar-refractivity contribution >= 4 is 18.0 Å². The van der Waals surface area contributed by atoms with Crippen LogP contribution in [-0.4, -0.2) is 25.6 Å². The Morgan fingerprint density at radius 3 is 2.27 bits per heavy atom. The Morgan fingerprint density at radius 1 is 1.04 bits per heavy atom. The van der Waals surface area contributed by atoms with E-state index in [1.807, 2.05) is 30.3 Å². The van der Waals surface area contributed by atoms with Gasteiger partial charge in [-0.25, -0.2) is 4.79 Å². The summed E-state index contributed by atoms with van der Waals surface area (Å²) in [5, 5.41) is 2.61. The molecule has 2 aromatic carbocycles. The van der Waals surface area contributed by atoms with Gasteiger partial charge in [-0.3, -0.25) is 4.79 Å². The summed E-state index contributed by atoms with van der Waals surface area (Å²) < 4.78 is 10.4. The summed E-state index contributed by atoms with van der Waals surface area (Å²) in [6.45, 7) is 4.74. The number of nitrogens with one attached hydrogen (secondary N) is 1. The Hall–Kier alpha value is -3.08. The summed E-state index contributed by atoms with van der Waals surface area (Å²) in [6, 6.07) is 16.0. The van der Waals surface area contributed by atoms with Crippen molar-refractivity contribution in [2.24, 2.45) is 5.92 Å². The molecule has 1 amide bonds. The van der Waals surface area contributed by atoms with Crippen LogP contribution in [0.4, 0.5) is 0 Å². The fourth-order valence-electron chi connectivity index (χ4n) is 2.13. The lowest BCUT2D eigenvalue weighted by Gasteiger charge is -2.10. The monoisotopic (exact) mass is 353 g/mol. The summed E-state index contributed by atoms with van der Waals surface area (Å²) in [4.78, 5) is 24.4. The molecule has 2 aromatic rings. The topological polar surface area (TPSA) is 64.6 Å². The van der Waals surface area contributed by atoms with Crippen molar-refractivity contribution in [3.05, 3.63) is 71.4 Å². The summed E-state index contributed by atoms with van der Waals surface area (Å²) in [6.07, 6.45) is 1.57. The van der Waals surface area contributed by atoms with Crippen LogP contribution in [0.1, 0.15) is 29.8 Å². The molecule has 0 aliphatic carbocycles. The number of methoxy groups -OCH3 is 1. The van der Waals surface area contributed by atoms with Gasteiger partial charge in [-0.15, -0.1) is 0 Å². The number of benzene rings is 2. The van der Waals surface area contributed by atoms with E-state index in [1.54, 1.807) is 30.3 Å². The molecule has 26 heavy (non-hydrogen) atoms. The van der Waals surface area contributed by atoms with Crippen molar-refractivity contribution in [3.63, 3.8) is 0 Å². The summed E-state index contributed by atoms with van der Waals surface area (Å²) in [5.41, 5.74) is 1.28. The molecule has 0 saturated heterocycles. The SMILES string of the molecule is COC(=O)/C(=C/c1ccccc1)NC(=O)c1ccc(OCC(C)C)cc1. The van der Waals surface area contributed by atoms with Crippen molar-refractivity contribution in [1.82, 2.24) is 5.32 Å². The maximum atomic E-state index is 12.4. The van der Waals surface area contributed by atoms with E-state index in [9.17, 15) is 9.59 Å². The zero-order valence-corrected chi connectivity index (χ0v) is 15.2. The normalized spacial score (nSPS) is 11.2. The van der Waals surface area contributed by atoms with Gasteiger partial charge in [-0.05, 0) is 41.8 Å². The van der Waals surface area contributed by atoms with Gasteiger partial charge < -0.3 is 14.8 Å². The average molecular weight is 353 g/mol. The summed E-state index contributed by atoms with van der Waals surface area (Å²) in [7, 11) is 1.27. The second-order valence-electron chi connectivity index (χ2n) is 6.14. The standard InChI is InChI=1S/C21H23NO4/c1-15(2)14-26-18-11-9-17(10-12-18)20(23)22-19(21(24)25-3)13-16-7-5-4-6-8-16/h4-13,15H,14H2,1-3H3,(H,22,23)/b19-13-. The third-order valence-electron chi connectivity index (χ3n) is 3.46. The van der Waals surface area contributed by atoms with E-state index in [4.69, 9.17) is 9.47 Å². The lowest BCUT2D eigenvalue weighted by Crippen LogP contribution is -2.28. The van der Waals surface area contributed by atoms with Crippen molar-refractivity contribution < 1.29 is 19.1 Å². The van der Waals surface area contributed by atoms with Crippen LogP contribution >= 0.6 is 0 Å². The molecule has 5 nitrogen and oxygen atoms in total. The maximum absolute atomic E-state index is 12.4. The smallest absolute Gasteiger partial charge is 0.354 e. The Balaban J connectivity index is 2.11. The third-order valence-corrected chi connectivity index (χ3v) is 3.46. The molecule has 0 saturated carbocycles. The molecule has 0 bridgehead atoms. The van der Waals surface area contributed by atoms with E-state index >= 15 is 0 Å². The lowest BCUT2D eigenvalue weighted by atomic mass is 10.1. The minimum absolute atomic E-state index is 0.0730. The van der Waals surface area contributed by atoms with Gasteiger partial charge in [0, 0.05) is 5.56 Å². The molecule has 1 N–H and O–H groups in total. The molecule has 0 aliphatic rings. The number of hydrogen-bond donors (Lipinski definition) is 1. The van der Waals surface area contributed by atoms with Gasteiger partial charge in [0.25, 0.3) is 5.91 Å². The largest absolute Gasteiger partial charge is 0.493 e. The molecule has 0 heterocycles. The number of esters is 1. The van der Waals surface area contributed by atoms with Gasteiger partial charge in [-0.1, -0.05) is 44.2 Å². The summed E-state index contributed by atoms with van der Waals surface area (Å²) >= 11 is 0. The first-order valence-electron chi connectivity index (χ1n) is 8.39. The average Bonchev–Trinajstić information content (AvgIpc) is 2.66. The number of carbonyl (C=O) groups excluding carboxylic acids is 2. The molecule has 5 heteroatoms. The number of rotatable bonds is 7. The van der Waals surface area contributed by atoms with Crippen molar-refractivity contribution in [2.75, 3.05) is 13.7 Å². The van der Waals surface area contributed by atoms with E-state index in [-0.39, 0.29) is 5.70 Å². The van der Waals surface area contributed by atoms with Gasteiger partial charge in [-0.2, -0.15) is 0 Å². The highest BCUT2D eigenvalue weighted by Gasteiger charge is 2.15. The van der Waals surface area contributed by atoms with Crippen molar-refractivity contribution in [3.8, 4) is 5.75 Å². The number of carbonyl (C=O) groups is 2. The molecular formula is C21H23NO4. The number of amides is 1. The maximum Gasteiger partial charge on any atom is 0.354 e. The molecule has 0 radical (unpaired) electrons. The molecule has 0 aromatic heterocycles. The second-order valence-corrected chi connectivity index (χ2v) is 6.14. The Morgan fingerprint density at radius 2 is 1.69 bits per heavy atom. The van der Waals surface area contributed by atoms with Gasteiger partial charge in [0.15, 0.2) is 0 Å². The molecule has 0 fully saturated rings. The van der Waals surface area contributed by atoms with E-state index < -0.39 is 11.9 Å². The molecule has 0 spiro atoms. The lowest BCUT2D eigenvalue weighted by molar-refractivity contribution is -0.136. The van der Waals surface area contributed by atoms with E-state index in [2.05, 4.69) is 19.2 Å². The predicted octanol–water partition coefficient (Wildman–Crippen LogP) is 3.67. The van der Waals surface area contributed by atoms with E-state index in [1.165, 1.54) is 7.11 Å². The van der Waals surface area contributed by atoms with Crippen LogP contribution in [0, 0.1) is 5.92 Å². The third kappa shape index (κ3) is 5.77. The van der Waals surface area contributed by atoms with E-state index in [0.717, 1.165) is 5.56 Å². The first kappa shape index (κ1) is 19.2. The Kier molecular flexibility index (Phi) is 6.97. The molecule has 136 valence electrons. The quantitative estimate of drug-likeness (QED) is 0.609. The van der Waals surface area contributed by atoms with Crippen LogP contribution in [0.3, 0.4) is 0 Å². The minimum atomic E-state index is -0.612. The predicted molar refractivity (Wildman–Crippen MR) is 101 cm³/mol. The highest BCUT2D eigenvalue weighted by atomic mass is 16.5. The van der Waals surface area contributed by atoms with Gasteiger partial charge in [0.1, 0.15) is 11.4 Å². The van der Waals surface area contributed by atoms with Crippen LogP contribution in [0.15, 0.2) is 60.3 Å². The van der Waals surface area contributed by atoms with Crippen LogP contribution in [-0.2, 0) is 9.53 Å². The van der Waals surface area contributed by atoms with Gasteiger partial charge in [0.2, 0.25) is 0 Å². The Labute approximate surface area is 153 Å². The molecule has 0 unspecified atom stereocenters. The first-order valence-corrected chi connectivity index (χ1v) is 8.39. The van der Waals surface area contributed by atoms with Crippen molar-refractivity contribution in [1.29, 1.82) is 0 Å². The number of ether oxygens (including phenoxy) is 2. The second kappa shape index (κ2) is 9.42. The first-order chi connectivity index (χ1) is 12.5. The minimum Gasteiger partial charge on any atom is -0.493 e. The van der Waals surface area contributed by atoms with Crippen LogP contribution in [0.5, 0.6) is 5.75 Å². The molecule has 2 rings (SSSR count). The van der Waals surface area contributed by atoms with Gasteiger partial charge >= 0.3 is 5.97 Å². The zero-order chi connectivity index (χ0) is 18.9. The fraction of sp³-hybridized carbons (Fsp3) is 0.238. The van der Waals surface area contributed by atoms with Crippen LogP contribution in [0.2, 0.25) is 0 Å². The Bertz CT molecular complexity index is 764. The van der Waals surface area contributed by atoms with Crippen molar-refractivity contribution in [2.45, 2.75) is 13.8 Å². The van der Waals surface area contributed by atoms with Gasteiger partial charge in [0.05, 0.1) is 13.7 Å².